The van der Waals surface area contributed by atoms with Crippen LogP contribution in [-0.4, -0.2) is 43.3 Å². The number of fused-ring (bicyclic) bond motifs is 1. The Bertz CT molecular complexity index is 610. The van der Waals surface area contributed by atoms with Gasteiger partial charge in [-0.1, -0.05) is 20.8 Å². The van der Waals surface area contributed by atoms with E-state index in [0.717, 1.165) is 5.69 Å². The second kappa shape index (κ2) is 7.43. The fourth-order valence-corrected chi connectivity index (χ4v) is 4.19. The average molecular weight is 465 g/mol. The molecular weight excluding hydrogens is 437 g/mol. The Morgan fingerprint density at radius 2 is 2.12 bits per heavy atom. The van der Waals surface area contributed by atoms with Crippen molar-refractivity contribution in [1.29, 1.82) is 0 Å². The molecule has 0 amide bonds. The average Bonchev–Trinajstić information content (AvgIpc) is 2.79. The maximum Gasteiger partial charge on any atom is 0.342 e. The first kappa shape index (κ1) is 19.9. The first-order valence-corrected chi connectivity index (χ1v) is 12.3. The van der Waals surface area contributed by atoms with E-state index < -0.39 is 8.32 Å². The van der Waals surface area contributed by atoms with Crippen molar-refractivity contribution in [3.63, 3.8) is 0 Å². The number of aromatic nitrogens is 2. The van der Waals surface area contributed by atoms with Gasteiger partial charge in [0, 0.05) is 12.6 Å². The lowest BCUT2D eigenvalue weighted by Gasteiger charge is -2.38. The minimum absolute atomic E-state index is 0.199. The molecule has 2 rings (SSSR count). The molecule has 6 nitrogen and oxygen atoms in total. The summed E-state index contributed by atoms with van der Waals surface area (Å²) >= 11 is 2.10. The van der Waals surface area contributed by atoms with E-state index in [1.54, 1.807) is 0 Å². The predicted molar refractivity (Wildman–Crippen MR) is 105 cm³/mol. The van der Waals surface area contributed by atoms with Crippen molar-refractivity contribution in [2.45, 2.75) is 65.0 Å². The van der Waals surface area contributed by atoms with E-state index in [0.29, 0.717) is 35.6 Å². The summed E-state index contributed by atoms with van der Waals surface area (Å²) < 4.78 is 14.1. The molecular formula is C16H28IN3O3Si. The molecule has 2 heterocycles. The van der Waals surface area contributed by atoms with Gasteiger partial charge in [0.1, 0.15) is 9.26 Å². The molecule has 0 spiro atoms. The van der Waals surface area contributed by atoms with Crippen molar-refractivity contribution in [3.8, 4) is 0 Å². The summed E-state index contributed by atoms with van der Waals surface area (Å²) in [7, 11) is -1.76. The molecule has 1 aromatic rings. The van der Waals surface area contributed by atoms with Crippen LogP contribution in [0.15, 0.2) is 0 Å². The van der Waals surface area contributed by atoms with Gasteiger partial charge in [0.15, 0.2) is 8.32 Å². The van der Waals surface area contributed by atoms with Crippen LogP contribution in [0.2, 0.25) is 18.1 Å². The summed E-state index contributed by atoms with van der Waals surface area (Å²) in [4.78, 5) is 12.1. The Hall–Kier alpha value is -0.453. The monoisotopic (exact) mass is 465 g/mol. The number of hydrogen-bond donors (Lipinski definition) is 1. The highest BCUT2D eigenvalue weighted by Crippen LogP contribution is 2.36. The predicted octanol–water partition coefficient (Wildman–Crippen LogP) is 3.16. The van der Waals surface area contributed by atoms with E-state index in [4.69, 9.17) is 9.16 Å². The van der Waals surface area contributed by atoms with Gasteiger partial charge in [0.2, 0.25) is 0 Å². The maximum atomic E-state index is 12.1. The number of carbonyl (C=O) groups is 1. The molecule has 0 bridgehead atoms. The molecule has 0 fully saturated rings. The van der Waals surface area contributed by atoms with Crippen LogP contribution in [0.4, 0.5) is 0 Å². The van der Waals surface area contributed by atoms with Crippen LogP contribution < -0.4 is 5.32 Å². The van der Waals surface area contributed by atoms with E-state index in [1.165, 1.54) is 0 Å². The number of nitrogens with one attached hydrogen (secondary N) is 1. The molecule has 1 atom stereocenters. The van der Waals surface area contributed by atoms with E-state index in [1.807, 2.05) is 11.6 Å². The van der Waals surface area contributed by atoms with Gasteiger partial charge in [-0.3, -0.25) is 4.68 Å². The van der Waals surface area contributed by atoms with Crippen molar-refractivity contribution in [3.05, 3.63) is 15.0 Å². The zero-order chi connectivity index (χ0) is 18.1. The summed E-state index contributed by atoms with van der Waals surface area (Å²) in [5.74, 6) is -0.291. The van der Waals surface area contributed by atoms with Gasteiger partial charge in [-0.15, -0.1) is 0 Å². The van der Waals surface area contributed by atoms with Crippen LogP contribution >= 0.6 is 22.6 Å². The smallest absolute Gasteiger partial charge is 0.342 e. The topological polar surface area (TPSA) is 65.4 Å². The zero-order valence-corrected chi connectivity index (χ0v) is 18.6. The largest absolute Gasteiger partial charge is 0.462 e. The van der Waals surface area contributed by atoms with E-state index >= 15 is 0 Å². The highest BCUT2D eigenvalue weighted by molar-refractivity contribution is 14.1. The van der Waals surface area contributed by atoms with Crippen LogP contribution in [0.3, 0.4) is 0 Å². The minimum Gasteiger partial charge on any atom is -0.462 e. The number of ether oxygens (including phenoxy) is 1. The quantitative estimate of drug-likeness (QED) is 0.411. The summed E-state index contributed by atoms with van der Waals surface area (Å²) in [6.07, 6.45) is 0. The van der Waals surface area contributed by atoms with Crippen molar-refractivity contribution in [1.82, 2.24) is 15.1 Å². The molecule has 136 valence electrons. The summed E-state index contributed by atoms with van der Waals surface area (Å²) in [6.45, 7) is 15.4. The normalized spacial score (nSPS) is 18.4. The van der Waals surface area contributed by atoms with Crippen LogP contribution in [0.1, 0.15) is 43.7 Å². The second-order valence-electron chi connectivity index (χ2n) is 7.66. The van der Waals surface area contributed by atoms with E-state index in [9.17, 15) is 4.79 Å². The summed E-state index contributed by atoms with van der Waals surface area (Å²) in [5.41, 5.74) is 1.50. The summed E-state index contributed by atoms with van der Waals surface area (Å²) in [5, 5.41) is 8.19. The molecule has 0 aromatic carbocycles. The highest BCUT2D eigenvalue weighted by Gasteiger charge is 2.38. The Kier molecular flexibility index (Phi) is 6.15. The Labute approximate surface area is 158 Å². The van der Waals surface area contributed by atoms with Gasteiger partial charge >= 0.3 is 5.97 Å². The molecule has 8 heteroatoms. The van der Waals surface area contributed by atoms with Gasteiger partial charge < -0.3 is 14.5 Å². The Morgan fingerprint density at radius 3 is 2.71 bits per heavy atom. The fourth-order valence-electron chi connectivity index (χ4n) is 2.35. The van der Waals surface area contributed by atoms with Gasteiger partial charge in [-0.05, 0) is 47.6 Å². The van der Waals surface area contributed by atoms with Crippen molar-refractivity contribution in [2.24, 2.45) is 0 Å². The highest BCUT2D eigenvalue weighted by atomic mass is 127. The number of halogens is 1. The standard InChI is InChI=1S/C16H28IN3O3Si/c1-7-22-15(21)13-12-8-18-11(9-20(12)19-14(13)17)10-23-24(5,6)16(2,3)4/h11,18H,7-10H2,1-6H3. The number of esters is 1. The Morgan fingerprint density at radius 1 is 1.46 bits per heavy atom. The molecule has 24 heavy (non-hydrogen) atoms. The van der Waals surface area contributed by atoms with Crippen molar-refractivity contribution in [2.75, 3.05) is 13.2 Å². The third-order valence-corrected chi connectivity index (χ3v) is 10.2. The molecule has 1 aliphatic rings. The minimum atomic E-state index is -1.76. The van der Waals surface area contributed by atoms with E-state index in [2.05, 4.69) is 66.9 Å². The number of carbonyl (C=O) groups excluding carboxylic acids is 1. The van der Waals surface area contributed by atoms with Gasteiger partial charge in [-0.25, -0.2) is 4.79 Å². The number of hydrogen-bond acceptors (Lipinski definition) is 5. The number of rotatable bonds is 5. The van der Waals surface area contributed by atoms with Crippen LogP contribution in [0.25, 0.3) is 0 Å². The van der Waals surface area contributed by atoms with Crippen LogP contribution in [-0.2, 0) is 22.3 Å². The SMILES string of the molecule is CCOC(=O)c1c(I)nn2c1CNC(CO[Si](C)(C)C(C)(C)C)C2. The van der Waals surface area contributed by atoms with Gasteiger partial charge in [0.25, 0.3) is 0 Å². The molecule has 1 N–H and O–H groups in total. The summed E-state index contributed by atoms with van der Waals surface area (Å²) in [6, 6.07) is 0.206. The van der Waals surface area contributed by atoms with Gasteiger partial charge in [-0.2, -0.15) is 5.10 Å². The van der Waals surface area contributed by atoms with Gasteiger partial charge in [0.05, 0.1) is 25.5 Å². The third kappa shape index (κ3) is 4.20. The zero-order valence-electron chi connectivity index (χ0n) is 15.4. The lowest BCUT2D eigenvalue weighted by atomic mass is 10.2. The van der Waals surface area contributed by atoms with E-state index in [-0.39, 0.29) is 17.0 Å². The Balaban J connectivity index is 2.06. The maximum absolute atomic E-state index is 12.1. The molecule has 0 radical (unpaired) electrons. The third-order valence-electron chi connectivity index (χ3n) is 4.90. The fraction of sp³-hybridized carbons (Fsp3) is 0.750. The number of nitrogens with zero attached hydrogens (tertiary/aromatic N) is 2. The molecule has 1 aliphatic heterocycles. The van der Waals surface area contributed by atoms with Crippen LogP contribution in [0.5, 0.6) is 0 Å². The second-order valence-corrected chi connectivity index (χ2v) is 13.5. The first-order valence-electron chi connectivity index (χ1n) is 8.36. The van der Waals surface area contributed by atoms with Crippen LogP contribution in [0, 0.1) is 3.70 Å². The molecule has 0 saturated heterocycles. The molecule has 1 aromatic heterocycles. The lowest BCUT2D eigenvalue weighted by Crippen LogP contribution is -2.48. The molecule has 0 saturated carbocycles. The molecule has 1 unspecified atom stereocenters. The lowest BCUT2D eigenvalue weighted by molar-refractivity contribution is 0.0522. The first-order chi connectivity index (χ1) is 11.1. The molecule has 0 aliphatic carbocycles. The van der Waals surface area contributed by atoms with Crippen molar-refractivity contribution >= 4 is 36.9 Å². The van der Waals surface area contributed by atoms with Crippen molar-refractivity contribution < 1.29 is 14.0 Å².